The van der Waals surface area contributed by atoms with Crippen LogP contribution in [-0.4, -0.2) is 22.6 Å². The fourth-order valence-electron chi connectivity index (χ4n) is 2.62. The minimum atomic E-state index is 0.0536. The van der Waals surface area contributed by atoms with E-state index in [1.54, 1.807) is 6.07 Å². The maximum Gasteiger partial charge on any atom is 0.218 e. The van der Waals surface area contributed by atoms with Gasteiger partial charge in [-0.2, -0.15) is 0 Å². The molecule has 3 N–H and O–H groups in total. The van der Waals surface area contributed by atoms with E-state index in [9.17, 15) is 0 Å². The van der Waals surface area contributed by atoms with Crippen LogP contribution < -0.4 is 15.8 Å². The number of aromatic nitrogens is 2. The monoisotopic (exact) mass is 270 g/mol. The molecule has 1 aliphatic carbocycles. The summed E-state index contributed by atoms with van der Waals surface area (Å²) in [6.45, 7) is 2.51. The lowest BCUT2D eigenvalue weighted by atomic mass is 10.1. The van der Waals surface area contributed by atoms with Gasteiger partial charge in [0.1, 0.15) is 12.1 Å². The SMILES string of the molecule is CCOc1cc(NC2c3ccccc3CC2N)ncn1. The number of nitrogens with two attached hydrogens (primary N) is 1. The molecule has 0 radical (unpaired) electrons. The highest BCUT2D eigenvalue weighted by Crippen LogP contribution is 2.32. The number of rotatable bonds is 4. The highest BCUT2D eigenvalue weighted by Gasteiger charge is 2.29. The van der Waals surface area contributed by atoms with Crippen LogP contribution in [-0.2, 0) is 6.42 Å². The van der Waals surface area contributed by atoms with E-state index in [1.807, 2.05) is 19.1 Å². The van der Waals surface area contributed by atoms with Crippen LogP contribution in [0.25, 0.3) is 0 Å². The molecule has 0 aliphatic heterocycles. The van der Waals surface area contributed by atoms with Gasteiger partial charge in [-0.3, -0.25) is 0 Å². The van der Waals surface area contributed by atoms with E-state index in [2.05, 4.69) is 27.4 Å². The van der Waals surface area contributed by atoms with Gasteiger partial charge < -0.3 is 15.8 Å². The molecule has 1 aliphatic rings. The van der Waals surface area contributed by atoms with Gasteiger partial charge in [-0.1, -0.05) is 24.3 Å². The first-order valence-electron chi connectivity index (χ1n) is 6.82. The third kappa shape index (κ3) is 2.44. The van der Waals surface area contributed by atoms with Crippen LogP contribution in [0.2, 0.25) is 0 Å². The highest BCUT2D eigenvalue weighted by molar-refractivity contribution is 5.46. The molecule has 1 aromatic carbocycles. The van der Waals surface area contributed by atoms with Crippen molar-refractivity contribution in [1.29, 1.82) is 0 Å². The standard InChI is InChI=1S/C15H18N4O/c1-2-20-14-8-13(17-9-18-14)19-15-11-6-4-3-5-10(11)7-12(15)16/h3-6,8-9,12,15H,2,7,16H2,1H3,(H,17,18,19). The molecule has 2 atom stereocenters. The molecule has 104 valence electrons. The van der Waals surface area contributed by atoms with Crippen LogP contribution in [0.5, 0.6) is 5.88 Å². The average molecular weight is 270 g/mol. The lowest BCUT2D eigenvalue weighted by Gasteiger charge is -2.19. The van der Waals surface area contributed by atoms with Crippen molar-refractivity contribution < 1.29 is 4.74 Å². The predicted molar refractivity (Wildman–Crippen MR) is 77.7 cm³/mol. The van der Waals surface area contributed by atoms with Gasteiger partial charge in [0, 0.05) is 12.1 Å². The molecule has 5 nitrogen and oxygen atoms in total. The number of anilines is 1. The van der Waals surface area contributed by atoms with Gasteiger partial charge in [0.15, 0.2) is 0 Å². The number of hydrogen-bond acceptors (Lipinski definition) is 5. The number of fused-ring (bicyclic) bond motifs is 1. The molecule has 0 bridgehead atoms. The Hall–Kier alpha value is -2.14. The molecule has 2 unspecified atom stereocenters. The Labute approximate surface area is 118 Å². The van der Waals surface area contributed by atoms with Crippen LogP contribution in [0.15, 0.2) is 36.7 Å². The van der Waals surface area contributed by atoms with E-state index in [0.717, 1.165) is 12.2 Å². The van der Waals surface area contributed by atoms with E-state index < -0.39 is 0 Å². The second-order valence-corrected chi connectivity index (χ2v) is 4.86. The minimum absolute atomic E-state index is 0.0536. The summed E-state index contributed by atoms with van der Waals surface area (Å²) < 4.78 is 5.38. The summed E-state index contributed by atoms with van der Waals surface area (Å²) in [6, 6.07) is 10.3. The Balaban J connectivity index is 1.82. The second-order valence-electron chi connectivity index (χ2n) is 4.86. The molecule has 20 heavy (non-hydrogen) atoms. The van der Waals surface area contributed by atoms with E-state index in [-0.39, 0.29) is 12.1 Å². The molecule has 3 rings (SSSR count). The van der Waals surface area contributed by atoms with Gasteiger partial charge in [0.2, 0.25) is 5.88 Å². The van der Waals surface area contributed by atoms with E-state index in [0.29, 0.717) is 12.5 Å². The lowest BCUT2D eigenvalue weighted by Crippen LogP contribution is -2.30. The van der Waals surface area contributed by atoms with Crippen LogP contribution in [0.1, 0.15) is 24.1 Å². The van der Waals surface area contributed by atoms with Crippen LogP contribution in [0.3, 0.4) is 0 Å². The number of nitrogens with one attached hydrogen (secondary N) is 1. The van der Waals surface area contributed by atoms with Crippen molar-refractivity contribution in [3.05, 3.63) is 47.8 Å². The summed E-state index contributed by atoms with van der Waals surface area (Å²) in [7, 11) is 0. The quantitative estimate of drug-likeness (QED) is 0.888. The second kappa shape index (κ2) is 5.46. The molecule has 0 fully saturated rings. The van der Waals surface area contributed by atoms with Crippen molar-refractivity contribution in [2.45, 2.75) is 25.4 Å². The fraction of sp³-hybridized carbons (Fsp3) is 0.333. The molecule has 2 aromatic rings. The van der Waals surface area contributed by atoms with Crippen molar-refractivity contribution in [2.24, 2.45) is 5.73 Å². The van der Waals surface area contributed by atoms with Gasteiger partial charge in [-0.15, -0.1) is 0 Å². The fourth-order valence-corrected chi connectivity index (χ4v) is 2.62. The van der Waals surface area contributed by atoms with Crippen LogP contribution in [0.4, 0.5) is 5.82 Å². The summed E-state index contributed by atoms with van der Waals surface area (Å²) >= 11 is 0. The van der Waals surface area contributed by atoms with Gasteiger partial charge in [-0.05, 0) is 24.5 Å². The molecule has 5 heteroatoms. The molecular weight excluding hydrogens is 252 g/mol. The lowest BCUT2D eigenvalue weighted by molar-refractivity contribution is 0.326. The zero-order chi connectivity index (χ0) is 13.9. The molecule has 1 aromatic heterocycles. The highest BCUT2D eigenvalue weighted by atomic mass is 16.5. The van der Waals surface area contributed by atoms with Gasteiger partial charge >= 0.3 is 0 Å². The Morgan fingerprint density at radius 1 is 1.35 bits per heavy atom. The normalized spacial score (nSPS) is 20.5. The summed E-state index contributed by atoms with van der Waals surface area (Å²) in [6.07, 6.45) is 2.39. The zero-order valence-electron chi connectivity index (χ0n) is 11.4. The number of nitrogens with zero attached hydrogens (tertiary/aromatic N) is 2. The van der Waals surface area contributed by atoms with Crippen molar-refractivity contribution in [3.8, 4) is 5.88 Å². The van der Waals surface area contributed by atoms with E-state index in [4.69, 9.17) is 10.5 Å². The third-order valence-electron chi connectivity index (χ3n) is 3.51. The maximum absolute atomic E-state index is 6.24. The Morgan fingerprint density at radius 3 is 3.05 bits per heavy atom. The summed E-state index contributed by atoms with van der Waals surface area (Å²) in [5.74, 6) is 1.31. The number of benzene rings is 1. The molecule has 0 amide bonds. The third-order valence-corrected chi connectivity index (χ3v) is 3.51. The van der Waals surface area contributed by atoms with E-state index >= 15 is 0 Å². The first-order valence-corrected chi connectivity index (χ1v) is 6.82. The van der Waals surface area contributed by atoms with Gasteiger partial charge in [0.05, 0.1) is 12.6 Å². The summed E-state index contributed by atoms with van der Waals surface area (Å²) in [4.78, 5) is 8.30. The number of hydrogen-bond donors (Lipinski definition) is 2. The molecule has 0 spiro atoms. The van der Waals surface area contributed by atoms with E-state index in [1.165, 1.54) is 17.5 Å². The van der Waals surface area contributed by atoms with Gasteiger partial charge in [0.25, 0.3) is 0 Å². The molecule has 0 saturated heterocycles. The summed E-state index contributed by atoms with van der Waals surface area (Å²) in [5.41, 5.74) is 8.79. The van der Waals surface area contributed by atoms with Crippen molar-refractivity contribution in [3.63, 3.8) is 0 Å². The minimum Gasteiger partial charge on any atom is -0.478 e. The Kier molecular flexibility index (Phi) is 3.52. The zero-order valence-corrected chi connectivity index (χ0v) is 11.4. The average Bonchev–Trinajstić information content (AvgIpc) is 2.76. The van der Waals surface area contributed by atoms with Crippen molar-refractivity contribution >= 4 is 5.82 Å². The van der Waals surface area contributed by atoms with Crippen LogP contribution >= 0.6 is 0 Å². The van der Waals surface area contributed by atoms with Crippen molar-refractivity contribution in [1.82, 2.24) is 9.97 Å². The first kappa shape index (κ1) is 12.9. The Morgan fingerprint density at radius 2 is 2.20 bits per heavy atom. The smallest absolute Gasteiger partial charge is 0.218 e. The molecule has 1 heterocycles. The van der Waals surface area contributed by atoms with Gasteiger partial charge in [-0.25, -0.2) is 9.97 Å². The summed E-state index contributed by atoms with van der Waals surface area (Å²) in [5, 5.41) is 3.39. The predicted octanol–water partition coefficient (Wildman–Crippen LogP) is 1.91. The van der Waals surface area contributed by atoms with Crippen LogP contribution in [0, 0.1) is 0 Å². The first-order chi connectivity index (χ1) is 9.78. The number of ether oxygens (including phenoxy) is 1. The van der Waals surface area contributed by atoms with Crippen molar-refractivity contribution in [2.75, 3.05) is 11.9 Å². The maximum atomic E-state index is 6.24. The Bertz CT molecular complexity index is 602. The molecular formula is C15H18N4O. The molecule has 0 saturated carbocycles. The topological polar surface area (TPSA) is 73.1 Å². The largest absolute Gasteiger partial charge is 0.478 e.